The summed E-state index contributed by atoms with van der Waals surface area (Å²) < 4.78 is 21.7. The summed E-state index contributed by atoms with van der Waals surface area (Å²) >= 11 is 2.05. The van der Waals surface area contributed by atoms with Gasteiger partial charge >= 0.3 is 0 Å². The van der Waals surface area contributed by atoms with Crippen LogP contribution in [0, 0.1) is 16.3 Å². The third-order valence-corrected chi connectivity index (χ3v) is 3.94. The Bertz CT molecular complexity index is 743. The minimum absolute atomic E-state index is 0.103. The molecule has 0 saturated carbocycles. The van der Waals surface area contributed by atoms with Crippen LogP contribution in [0.4, 0.5) is 15.8 Å². The monoisotopic (exact) mass is 386 g/mol. The summed E-state index contributed by atoms with van der Waals surface area (Å²) in [6.45, 7) is 2.78. The number of hydrogen-bond donors (Lipinski definition) is 1. The maximum Gasteiger partial charge on any atom is 0.258 e. The highest BCUT2D eigenvalue weighted by Gasteiger charge is 2.18. The summed E-state index contributed by atoms with van der Waals surface area (Å²) in [6.07, 6.45) is 0. The number of hydrogen-bond acceptors (Lipinski definition) is 3. The van der Waals surface area contributed by atoms with Gasteiger partial charge in [-0.3, -0.25) is 9.36 Å². The average Bonchev–Trinajstić information content (AvgIpc) is 2.87. The number of fused-ring (bicyclic) bond motifs is 1. The second-order valence-electron chi connectivity index (χ2n) is 4.58. The third-order valence-electron chi connectivity index (χ3n) is 3.27. The summed E-state index contributed by atoms with van der Waals surface area (Å²) in [5.74, 6) is 0.173. The molecule has 1 aromatic heterocycles. The maximum absolute atomic E-state index is 13.9. The highest BCUT2D eigenvalue weighted by Crippen LogP contribution is 2.27. The predicted molar refractivity (Wildman–Crippen MR) is 83.3 cm³/mol. The first-order valence-electron chi connectivity index (χ1n) is 6.15. The van der Waals surface area contributed by atoms with Crippen LogP contribution in [0.5, 0.6) is 5.88 Å². The predicted octanol–water partition coefficient (Wildman–Crippen LogP) is 3.04. The fraction of sp³-hybridized carbons (Fsp3) is 0.214. The zero-order chi connectivity index (χ0) is 14.3. The van der Waals surface area contributed by atoms with Crippen LogP contribution in [0.15, 0.2) is 29.1 Å². The largest absolute Gasteiger partial charge is 0.477 e. The maximum atomic E-state index is 13.9. The second-order valence-corrected chi connectivity index (χ2v) is 5.82. The molecule has 0 spiro atoms. The Morgan fingerprint density at radius 3 is 2.90 bits per heavy atom. The van der Waals surface area contributed by atoms with E-state index in [9.17, 15) is 9.18 Å². The highest BCUT2D eigenvalue weighted by atomic mass is 127. The summed E-state index contributed by atoms with van der Waals surface area (Å²) in [6, 6.07) is 6.64. The van der Waals surface area contributed by atoms with Crippen molar-refractivity contribution in [3.8, 4) is 5.88 Å². The molecule has 0 atom stereocenters. The van der Waals surface area contributed by atoms with E-state index in [1.807, 2.05) is 22.6 Å². The van der Waals surface area contributed by atoms with Gasteiger partial charge in [0, 0.05) is 15.2 Å². The van der Waals surface area contributed by atoms with Gasteiger partial charge in [-0.15, -0.1) is 0 Å². The lowest BCUT2D eigenvalue weighted by atomic mass is 10.2. The average molecular weight is 386 g/mol. The molecule has 1 aliphatic heterocycles. The molecule has 0 amide bonds. The van der Waals surface area contributed by atoms with Gasteiger partial charge in [0.05, 0.1) is 17.9 Å². The molecule has 0 aliphatic carbocycles. The van der Waals surface area contributed by atoms with E-state index < -0.39 is 0 Å². The van der Waals surface area contributed by atoms with Crippen LogP contribution >= 0.6 is 22.6 Å². The Kier molecular flexibility index (Phi) is 3.41. The number of aromatic nitrogens is 1. The molecule has 2 aromatic rings. The van der Waals surface area contributed by atoms with E-state index in [-0.39, 0.29) is 11.4 Å². The summed E-state index contributed by atoms with van der Waals surface area (Å²) in [7, 11) is 0. The molecule has 20 heavy (non-hydrogen) atoms. The second kappa shape index (κ2) is 5.08. The number of ether oxygens (including phenoxy) is 1. The quantitative estimate of drug-likeness (QED) is 0.808. The van der Waals surface area contributed by atoms with Crippen molar-refractivity contribution in [2.75, 3.05) is 11.9 Å². The van der Waals surface area contributed by atoms with Gasteiger partial charge in [-0.05, 0) is 47.7 Å². The van der Waals surface area contributed by atoms with Crippen molar-refractivity contribution in [2.45, 2.75) is 13.5 Å². The standard InChI is InChI=1S/C14H12FIN2O2/c1-8-12(7-13-18(14(8)19)4-5-20-13)17-11-3-2-9(16)6-10(11)15/h2-3,6-7,17H,4-5H2,1H3. The molecule has 1 aromatic carbocycles. The number of benzene rings is 1. The smallest absolute Gasteiger partial charge is 0.258 e. The van der Waals surface area contributed by atoms with Gasteiger partial charge in [0.1, 0.15) is 12.4 Å². The lowest BCUT2D eigenvalue weighted by Gasteiger charge is -2.12. The Labute approximate surface area is 128 Å². The molecule has 6 heteroatoms. The normalized spacial score (nSPS) is 12.9. The first-order chi connectivity index (χ1) is 9.56. The lowest BCUT2D eigenvalue weighted by molar-refractivity contribution is 0.357. The molecule has 1 aliphatic rings. The highest BCUT2D eigenvalue weighted by molar-refractivity contribution is 14.1. The molecule has 0 radical (unpaired) electrons. The van der Waals surface area contributed by atoms with E-state index in [1.54, 1.807) is 29.7 Å². The number of halogens is 2. The lowest BCUT2D eigenvalue weighted by Crippen LogP contribution is -2.21. The van der Waals surface area contributed by atoms with Crippen LogP contribution in [0.3, 0.4) is 0 Å². The molecule has 0 fully saturated rings. The number of nitrogens with one attached hydrogen (secondary N) is 1. The van der Waals surface area contributed by atoms with Crippen molar-refractivity contribution in [3.05, 3.63) is 49.6 Å². The molecule has 0 bridgehead atoms. The van der Waals surface area contributed by atoms with Crippen LogP contribution in [-0.4, -0.2) is 11.2 Å². The Morgan fingerprint density at radius 2 is 2.15 bits per heavy atom. The van der Waals surface area contributed by atoms with Gasteiger partial charge < -0.3 is 10.1 Å². The van der Waals surface area contributed by atoms with Crippen molar-refractivity contribution in [1.29, 1.82) is 0 Å². The third kappa shape index (κ3) is 2.28. The first-order valence-corrected chi connectivity index (χ1v) is 7.23. The van der Waals surface area contributed by atoms with Crippen LogP contribution in [0.2, 0.25) is 0 Å². The minimum Gasteiger partial charge on any atom is -0.477 e. The molecule has 4 nitrogen and oxygen atoms in total. The number of anilines is 2. The molecule has 3 rings (SSSR count). The van der Waals surface area contributed by atoms with E-state index in [0.29, 0.717) is 36.0 Å². The van der Waals surface area contributed by atoms with Crippen molar-refractivity contribution < 1.29 is 9.13 Å². The molecular formula is C14H12FIN2O2. The van der Waals surface area contributed by atoms with E-state index in [0.717, 1.165) is 3.57 Å². The minimum atomic E-state index is -0.349. The molecule has 0 unspecified atom stereocenters. The van der Waals surface area contributed by atoms with Gasteiger partial charge in [-0.1, -0.05) is 0 Å². The Balaban J connectivity index is 2.03. The molecule has 2 heterocycles. The van der Waals surface area contributed by atoms with Gasteiger partial charge in [-0.2, -0.15) is 0 Å². The number of rotatable bonds is 2. The van der Waals surface area contributed by atoms with Crippen molar-refractivity contribution >= 4 is 34.0 Å². The molecule has 104 valence electrons. The number of pyridine rings is 1. The van der Waals surface area contributed by atoms with Crippen molar-refractivity contribution in [3.63, 3.8) is 0 Å². The molecule has 1 N–H and O–H groups in total. The SMILES string of the molecule is Cc1c(Nc2ccc(I)cc2F)cc2n(c1=O)CCO2. The fourth-order valence-electron chi connectivity index (χ4n) is 2.17. The molecular weight excluding hydrogens is 374 g/mol. The first kappa shape index (κ1) is 13.4. The summed E-state index contributed by atoms with van der Waals surface area (Å²) in [5.41, 5.74) is 1.37. The fourth-order valence-corrected chi connectivity index (χ4v) is 2.62. The van der Waals surface area contributed by atoms with E-state index in [1.165, 1.54) is 6.07 Å². The molecule has 0 saturated heterocycles. The zero-order valence-electron chi connectivity index (χ0n) is 10.7. The van der Waals surface area contributed by atoms with E-state index in [2.05, 4.69) is 5.32 Å². The van der Waals surface area contributed by atoms with Gasteiger partial charge in [0.25, 0.3) is 5.56 Å². The van der Waals surface area contributed by atoms with Gasteiger partial charge in [0.2, 0.25) is 0 Å². The van der Waals surface area contributed by atoms with Gasteiger partial charge in [0.15, 0.2) is 5.88 Å². The van der Waals surface area contributed by atoms with Gasteiger partial charge in [-0.25, -0.2) is 4.39 Å². The van der Waals surface area contributed by atoms with Crippen molar-refractivity contribution in [1.82, 2.24) is 4.57 Å². The summed E-state index contributed by atoms with van der Waals surface area (Å²) in [4.78, 5) is 12.2. The van der Waals surface area contributed by atoms with Crippen LogP contribution < -0.4 is 15.6 Å². The zero-order valence-corrected chi connectivity index (χ0v) is 12.9. The Hall–Kier alpha value is -1.57. The van der Waals surface area contributed by atoms with E-state index in [4.69, 9.17) is 4.74 Å². The van der Waals surface area contributed by atoms with Crippen LogP contribution in [0.25, 0.3) is 0 Å². The van der Waals surface area contributed by atoms with Crippen LogP contribution in [0.1, 0.15) is 5.56 Å². The van der Waals surface area contributed by atoms with Crippen LogP contribution in [-0.2, 0) is 6.54 Å². The summed E-state index contributed by atoms with van der Waals surface area (Å²) in [5, 5.41) is 2.97. The Morgan fingerprint density at radius 1 is 1.35 bits per heavy atom. The van der Waals surface area contributed by atoms with E-state index >= 15 is 0 Å². The topological polar surface area (TPSA) is 43.3 Å². The number of nitrogens with zero attached hydrogens (tertiary/aromatic N) is 1. The van der Waals surface area contributed by atoms with Crippen molar-refractivity contribution in [2.24, 2.45) is 0 Å².